The Labute approximate surface area is 108 Å². The van der Waals surface area contributed by atoms with Crippen molar-refractivity contribution < 1.29 is 14.3 Å². The summed E-state index contributed by atoms with van der Waals surface area (Å²) < 4.78 is 5.36. The maximum atomic E-state index is 11.5. The first-order chi connectivity index (χ1) is 8.68. The van der Waals surface area contributed by atoms with Crippen molar-refractivity contribution in [3.05, 3.63) is 30.3 Å². The molecule has 0 aliphatic heterocycles. The molecule has 1 aromatic rings. The van der Waals surface area contributed by atoms with E-state index in [-0.39, 0.29) is 18.2 Å². The number of hydrogen-bond donors (Lipinski definition) is 0. The number of carbonyl (C=O) groups excluding carboxylic acids is 2. The Hall–Kier alpha value is -1.64. The van der Waals surface area contributed by atoms with E-state index in [1.165, 1.54) is 0 Å². The summed E-state index contributed by atoms with van der Waals surface area (Å²) >= 11 is 0. The van der Waals surface area contributed by atoms with Crippen molar-refractivity contribution in [2.75, 3.05) is 6.61 Å². The Morgan fingerprint density at radius 2 is 1.67 bits per heavy atom. The summed E-state index contributed by atoms with van der Waals surface area (Å²) in [7, 11) is 0. The monoisotopic (exact) mass is 248 g/mol. The van der Waals surface area contributed by atoms with Crippen molar-refractivity contribution in [1.82, 2.24) is 0 Å². The van der Waals surface area contributed by atoms with Crippen LogP contribution >= 0.6 is 0 Å². The highest BCUT2D eigenvalue weighted by molar-refractivity contribution is 5.79. The van der Waals surface area contributed by atoms with Gasteiger partial charge in [0.15, 0.2) is 5.78 Å². The van der Waals surface area contributed by atoms with Gasteiger partial charge in [0.1, 0.15) is 18.1 Å². The fraction of sp³-hybridized carbons (Fsp3) is 0.467. The molecule has 0 saturated carbocycles. The zero-order valence-electron chi connectivity index (χ0n) is 10.9. The molecular weight excluding hydrogens is 228 g/mol. The number of rotatable bonds is 9. The second-order valence-corrected chi connectivity index (χ2v) is 4.40. The van der Waals surface area contributed by atoms with Crippen LogP contribution in [-0.2, 0) is 9.59 Å². The molecule has 0 radical (unpaired) electrons. The van der Waals surface area contributed by atoms with E-state index < -0.39 is 0 Å². The maximum absolute atomic E-state index is 11.5. The molecule has 0 bridgehead atoms. The number of hydrogen-bond acceptors (Lipinski definition) is 3. The lowest BCUT2D eigenvalue weighted by molar-refractivity contribution is -0.121. The fourth-order valence-electron chi connectivity index (χ4n) is 1.63. The first-order valence-corrected chi connectivity index (χ1v) is 6.37. The molecule has 0 fully saturated rings. The topological polar surface area (TPSA) is 43.4 Å². The van der Waals surface area contributed by atoms with Crippen LogP contribution in [0.25, 0.3) is 0 Å². The smallest absolute Gasteiger partial charge is 0.170 e. The van der Waals surface area contributed by atoms with E-state index in [1.54, 1.807) is 6.92 Å². The Balaban J connectivity index is 2.06. The summed E-state index contributed by atoms with van der Waals surface area (Å²) in [6.45, 7) is 1.73. The van der Waals surface area contributed by atoms with Crippen LogP contribution in [0, 0.1) is 0 Å². The van der Waals surface area contributed by atoms with Gasteiger partial charge in [0.25, 0.3) is 0 Å². The van der Waals surface area contributed by atoms with Crippen LogP contribution < -0.4 is 4.74 Å². The summed E-state index contributed by atoms with van der Waals surface area (Å²) in [5.41, 5.74) is 0. The van der Waals surface area contributed by atoms with Gasteiger partial charge < -0.3 is 9.53 Å². The SMILES string of the molecule is CC(=O)CCCCCC(=O)COc1ccccc1. The summed E-state index contributed by atoms with van der Waals surface area (Å²) in [6.07, 6.45) is 3.79. The minimum Gasteiger partial charge on any atom is -0.486 e. The van der Waals surface area contributed by atoms with Crippen LogP contribution in [-0.4, -0.2) is 18.2 Å². The third-order valence-corrected chi connectivity index (χ3v) is 2.63. The van der Waals surface area contributed by atoms with Crippen molar-refractivity contribution >= 4 is 11.6 Å². The van der Waals surface area contributed by atoms with Gasteiger partial charge in [-0.3, -0.25) is 4.79 Å². The number of Topliss-reactive ketones (excluding diaryl/α,β-unsaturated/α-hetero) is 2. The molecule has 0 atom stereocenters. The first kappa shape index (κ1) is 14.4. The van der Waals surface area contributed by atoms with Gasteiger partial charge in [-0.2, -0.15) is 0 Å². The zero-order valence-corrected chi connectivity index (χ0v) is 10.9. The molecule has 0 aliphatic carbocycles. The molecule has 1 aromatic carbocycles. The molecule has 18 heavy (non-hydrogen) atoms. The Morgan fingerprint density at radius 3 is 2.33 bits per heavy atom. The van der Waals surface area contributed by atoms with Gasteiger partial charge in [0.05, 0.1) is 0 Å². The van der Waals surface area contributed by atoms with E-state index in [0.717, 1.165) is 25.0 Å². The quantitative estimate of drug-likeness (QED) is 0.630. The van der Waals surface area contributed by atoms with Gasteiger partial charge in [0, 0.05) is 12.8 Å². The van der Waals surface area contributed by atoms with E-state index in [4.69, 9.17) is 4.74 Å². The highest BCUT2D eigenvalue weighted by Gasteiger charge is 2.03. The Morgan fingerprint density at radius 1 is 1.00 bits per heavy atom. The predicted molar refractivity (Wildman–Crippen MR) is 70.7 cm³/mol. The molecular formula is C15H20O3. The van der Waals surface area contributed by atoms with E-state index in [0.29, 0.717) is 12.8 Å². The van der Waals surface area contributed by atoms with Crippen molar-refractivity contribution in [3.8, 4) is 5.75 Å². The number of benzene rings is 1. The van der Waals surface area contributed by atoms with E-state index >= 15 is 0 Å². The van der Waals surface area contributed by atoms with Crippen LogP contribution in [0.5, 0.6) is 5.75 Å². The highest BCUT2D eigenvalue weighted by Crippen LogP contribution is 2.09. The number of ketones is 2. The van der Waals surface area contributed by atoms with Crippen molar-refractivity contribution in [1.29, 1.82) is 0 Å². The molecule has 0 aromatic heterocycles. The van der Waals surface area contributed by atoms with Crippen LogP contribution in [0.2, 0.25) is 0 Å². The number of unbranched alkanes of at least 4 members (excludes halogenated alkanes) is 2. The first-order valence-electron chi connectivity index (χ1n) is 6.37. The Bertz CT molecular complexity index is 371. The molecule has 0 spiro atoms. The lowest BCUT2D eigenvalue weighted by Crippen LogP contribution is -2.10. The van der Waals surface area contributed by atoms with Crippen molar-refractivity contribution in [3.63, 3.8) is 0 Å². The molecule has 0 heterocycles. The normalized spacial score (nSPS) is 10.1. The number of ether oxygens (including phenoxy) is 1. The second-order valence-electron chi connectivity index (χ2n) is 4.40. The van der Waals surface area contributed by atoms with Gasteiger partial charge >= 0.3 is 0 Å². The molecule has 0 saturated heterocycles. The maximum Gasteiger partial charge on any atom is 0.170 e. The standard InChI is InChI=1S/C15H20O3/c1-13(16)8-4-2-5-9-14(17)12-18-15-10-6-3-7-11-15/h3,6-7,10-11H,2,4-5,8-9,12H2,1H3. The van der Waals surface area contributed by atoms with Crippen LogP contribution in [0.3, 0.4) is 0 Å². The number of carbonyl (C=O) groups is 2. The zero-order chi connectivity index (χ0) is 13.2. The minimum atomic E-state index is 0.113. The molecule has 3 heteroatoms. The summed E-state index contributed by atoms with van der Waals surface area (Å²) in [6, 6.07) is 9.33. The van der Waals surface area contributed by atoms with Crippen molar-refractivity contribution in [2.45, 2.75) is 39.0 Å². The molecule has 0 aliphatic rings. The molecule has 0 unspecified atom stereocenters. The van der Waals surface area contributed by atoms with Crippen molar-refractivity contribution in [2.24, 2.45) is 0 Å². The third kappa shape index (κ3) is 6.84. The van der Waals surface area contributed by atoms with Gasteiger partial charge in [-0.25, -0.2) is 0 Å². The largest absolute Gasteiger partial charge is 0.486 e. The Kier molecular flexibility index (Phi) is 6.77. The fourth-order valence-corrected chi connectivity index (χ4v) is 1.63. The van der Waals surface area contributed by atoms with Crippen LogP contribution in [0.4, 0.5) is 0 Å². The molecule has 1 rings (SSSR count). The summed E-state index contributed by atoms with van der Waals surface area (Å²) in [5.74, 6) is 1.05. The second kappa shape index (κ2) is 8.45. The summed E-state index contributed by atoms with van der Waals surface area (Å²) in [4.78, 5) is 22.2. The van der Waals surface area contributed by atoms with Gasteiger partial charge in [-0.15, -0.1) is 0 Å². The van der Waals surface area contributed by atoms with Crippen LogP contribution in [0.1, 0.15) is 39.0 Å². The molecule has 0 amide bonds. The van der Waals surface area contributed by atoms with Gasteiger partial charge in [-0.1, -0.05) is 24.6 Å². The highest BCUT2D eigenvalue weighted by atomic mass is 16.5. The summed E-state index contributed by atoms with van der Waals surface area (Å²) in [5, 5.41) is 0. The predicted octanol–water partition coefficient (Wildman–Crippen LogP) is 3.17. The van der Waals surface area contributed by atoms with Crippen LogP contribution in [0.15, 0.2) is 30.3 Å². The lowest BCUT2D eigenvalue weighted by Gasteiger charge is -2.04. The molecule has 3 nitrogen and oxygen atoms in total. The average molecular weight is 248 g/mol. The van der Waals surface area contributed by atoms with E-state index in [9.17, 15) is 9.59 Å². The van der Waals surface area contributed by atoms with Gasteiger partial charge in [-0.05, 0) is 31.9 Å². The average Bonchev–Trinajstić information content (AvgIpc) is 2.37. The van der Waals surface area contributed by atoms with Gasteiger partial charge in [0.2, 0.25) is 0 Å². The van der Waals surface area contributed by atoms with E-state index in [1.807, 2.05) is 30.3 Å². The van der Waals surface area contributed by atoms with E-state index in [2.05, 4.69) is 0 Å². The lowest BCUT2D eigenvalue weighted by atomic mass is 10.1. The third-order valence-electron chi connectivity index (χ3n) is 2.63. The number of para-hydroxylation sites is 1. The molecule has 98 valence electrons. The minimum absolute atomic E-state index is 0.113. The molecule has 0 N–H and O–H groups in total.